The Morgan fingerprint density at radius 3 is 2.80 bits per heavy atom. The van der Waals surface area contributed by atoms with E-state index >= 15 is 0 Å². The summed E-state index contributed by atoms with van der Waals surface area (Å²) in [6.45, 7) is 4.16. The van der Waals surface area contributed by atoms with Crippen molar-refractivity contribution in [3.8, 4) is 22.5 Å². The SMILES string of the molecule is C=C(Nc1cncc(-c2cnc3n[nH]c(-c4cc5c(C6=CCC=C6)nccc5[nH]4)c3c2)c1)C1CC1. The van der Waals surface area contributed by atoms with Gasteiger partial charge in [-0.3, -0.25) is 15.1 Å². The van der Waals surface area contributed by atoms with Crippen LogP contribution in [-0.4, -0.2) is 30.1 Å². The summed E-state index contributed by atoms with van der Waals surface area (Å²) in [6, 6.07) is 8.35. The molecule has 1 fully saturated rings. The summed E-state index contributed by atoms with van der Waals surface area (Å²) in [7, 11) is 0. The molecule has 170 valence electrons. The minimum atomic E-state index is 0.582. The summed E-state index contributed by atoms with van der Waals surface area (Å²) >= 11 is 0. The maximum Gasteiger partial charge on any atom is 0.181 e. The smallest absolute Gasteiger partial charge is 0.181 e. The molecular weight excluding hydrogens is 434 g/mol. The molecule has 0 spiro atoms. The molecule has 0 bridgehead atoms. The number of nitrogens with one attached hydrogen (secondary N) is 3. The number of aromatic nitrogens is 6. The van der Waals surface area contributed by atoms with Crippen molar-refractivity contribution in [3.05, 3.63) is 85.3 Å². The van der Waals surface area contributed by atoms with Gasteiger partial charge in [0.1, 0.15) is 0 Å². The number of rotatable bonds is 6. The van der Waals surface area contributed by atoms with Crippen LogP contribution in [0.3, 0.4) is 0 Å². The van der Waals surface area contributed by atoms with Gasteiger partial charge in [-0.25, -0.2) is 4.98 Å². The highest BCUT2D eigenvalue weighted by Crippen LogP contribution is 2.37. The van der Waals surface area contributed by atoms with Crippen molar-refractivity contribution < 1.29 is 0 Å². The van der Waals surface area contributed by atoms with E-state index in [0.717, 1.165) is 67.9 Å². The molecular formula is C28H23N7. The Balaban J connectivity index is 1.28. The van der Waals surface area contributed by atoms with E-state index in [0.29, 0.717) is 11.6 Å². The fourth-order valence-corrected chi connectivity index (χ4v) is 4.70. The number of aromatic amines is 2. The van der Waals surface area contributed by atoms with E-state index in [1.54, 1.807) is 0 Å². The van der Waals surface area contributed by atoms with Crippen LogP contribution in [0.4, 0.5) is 5.69 Å². The molecule has 0 saturated heterocycles. The largest absolute Gasteiger partial charge is 0.358 e. The molecule has 5 aromatic heterocycles. The average molecular weight is 458 g/mol. The molecule has 0 unspecified atom stereocenters. The summed E-state index contributed by atoms with van der Waals surface area (Å²) in [5.74, 6) is 0.582. The first-order valence-corrected chi connectivity index (χ1v) is 11.8. The number of hydrogen-bond acceptors (Lipinski definition) is 5. The number of H-pyrrole nitrogens is 2. The van der Waals surface area contributed by atoms with Crippen LogP contribution in [0, 0.1) is 5.92 Å². The Morgan fingerprint density at radius 1 is 1.03 bits per heavy atom. The van der Waals surface area contributed by atoms with Gasteiger partial charge in [0.15, 0.2) is 5.65 Å². The second-order valence-electron chi connectivity index (χ2n) is 9.18. The monoisotopic (exact) mass is 457 g/mol. The Bertz CT molecular complexity index is 1680. The number of pyridine rings is 3. The molecule has 2 aliphatic carbocycles. The number of fused-ring (bicyclic) bond motifs is 2. The molecule has 5 aromatic rings. The third-order valence-electron chi connectivity index (χ3n) is 6.72. The van der Waals surface area contributed by atoms with Crippen LogP contribution in [0.25, 0.3) is 50.0 Å². The zero-order valence-electron chi connectivity index (χ0n) is 19.0. The maximum absolute atomic E-state index is 4.65. The Hall–Kier alpha value is -4.52. The Kier molecular flexibility index (Phi) is 4.42. The minimum absolute atomic E-state index is 0.582. The maximum atomic E-state index is 4.65. The van der Waals surface area contributed by atoms with Crippen LogP contribution in [0.1, 0.15) is 25.0 Å². The van der Waals surface area contributed by atoms with Gasteiger partial charge in [-0.1, -0.05) is 24.8 Å². The van der Waals surface area contributed by atoms with Gasteiger partial charge in [-0.15, -0.1) is 0 Å². The second kappa shape index (κ2) is 7.77. The van der Waals surface area contributed by atoms with Crippen LogP contribution < -0.4 is 5.32 Å². The van der Waals surface area contributed by atoms with Gasteiger partial charge in [0.05, 0.1) is 29.0 Å². The standard InChI is InChI=1S/C28H23N7/c1-16(17-6-7-17)32-21-10-19(13-29-15-21)20-11-23-27(34-35-28(23)31-14-20)25-12-22-24(33-25)8-9-30-26(22)18-4-2-3-5-18/h2,4-5,8-15,17,32-33H,1,3,6-7H2,(H,31,34,35). The predicted octanol–water partition coefficient (Wildman–Crippen LogP) is 6.24. The first-order chi connectivity index (χ1) is 17.2. The molecule has 0 atom stereocenters. The van der Waals surface area contributed by atoms with Crippen LogP contribution in [-0.2, 0) is 0 Å². The van der Waals surface area contributed by atoms with Crippen LogP contribution in [0.2, 0.25) is 0 Å². The van der Waals surface area contributed by atoms with E-state index in [1.165, 1.54) is 12.8 Å². The normalized spacial score (nSPS) is 15.1. The van der Waals surface area contributed by atoms with Gasteiger partial charge in [-0.05, 0) is 55.0 Å². The van der Waals surface area contributed by atoms with Crippen molar-refractivity contribution in [2.45, 2.75) is 19.3 Å². The van der Waals surface area contributed by atoms with Gasteiger partial charge < -0.3 is 10.3 Å². The van der Waals surface area contributed by atoms with Crippen molar-refractivity contribution >= 4 is 33.2 Å². The minimum Gasteiger partial charge on any atom is -0.358 e. The molecule has 0 aromatic carbocycles. The van der Waals surface area contributed by atoms with Gasteiger partial charge in [-0.2, -0.15) is 5.10 Å². The van der Waals surface area contributed by atoms with Crippen LogP contribution in [0.5, 0.6) is 0 Å². The lowest BCUT2D eigenvalue weighted by Crippen LogP contribution is -2.00. The van der Waals surface area contributed by atoms with Gasteiger partial charge >= 0.3 is 0 Å². The Labute approximate surface area is 201 Å². The third-order valence-corrected chi connectivity index (χ3v) is 6.72. The lowest BCUT2D eigenvalue weighted by atomic mass is 10.1. The van der Waals surface area contributed by atoms with Crippen molar-refractivity contribution in [1.82, 2.24) is 30.1 Å². The summed E-state index contributed by atoms with van der Waals surface area (Å²) in [4.78, 5) is 17.2. The highest BCUT2D eigenvalue weighted by molar-refractivity contribution is 5.99. The van der Waals surface area contributed by atoms with Crippen molar-refractivity contribution in [1.29, 1.82) is 0 Å². The average Bonchev–Trinajstić information content (AvgIpc) is 3.26. The number of anilines is 1. The van der Waals surface area contributed by atoms with E-state index < -0.39 is 0 Å². The summed E-state index contributed by atoms with van der Waals surface area (Å²) in [5, 5.41) is 13.1. The van der Waals surface area contributed by atoms with E-state index in [9.17, 15) is 0 Å². The van der Waals surface area contributed by atoms with E-state index in [4.69, 9.17) is 0 Å². The molecule has 3 N–H and O–H groups in total. The molecule has 7 nitrogen and oxygen atoms in total. The zero-order valence-corrected chi connectivity index (χ0v) is 19.0. The first-order valence-electron chi connectivity index (χ1n) is 11.8. The van der Waals surface area contributed by atoms with E-state index in [1.807, 2.05) is 30.9 Å². The van der Waals surface area contributed by atoms with Gasteiger partial charge in [0, 0.05) is 51.7 Å². The molecule has 35 heavy (non-hydrogen) atoms. The van der Waals surface area contributed by atoms with Crippen LogP contribution >= 0.6 is 0 Å². The van der Waals surface area contributed by atoms with Gasteiger partial charge in [0.25, 0.3) is 0 Å². The second-order valence-corrected chi connectivity index (χ2v) is 9.18. The van der Waals surface area contributed by atoms with Crippen molar-refractivity contribution in [2.75, 3.05) is 5.32 Å². The summed E-state index contributed by atoms with van der Waals surface area (Å²) in [6.07, 6.45) is 17.2. The first kappa shape index (κ1) is 19.9. The molecule has 0 radical (unpaired) electrons. The lowest BCUT2D eigenvalue weighted by Gasteiger charge is -2.09. The number of hydrogen-bond donors (Lipinski definition) is 3. The van der Waals surface area contributed by atoms with E-state index in [2.05, 4.69) is 78.5 Å². The predicted molar refractivity (Wildman–Crippen MR) is 139 cm³/mol. The Morgan fingerprint density at radius 2 is 1.94 bits per heavy atom. The number of nitrogens with zero attached hydrogens (tertiary/aromatic N) is 4. The summed E-state index contributed by atoms with van der Waals surface area (Å²) in [5.41, 5.74) is 9.68. The van der Waals surface area contributed by atoms with Gasteiger partial charge in [0.2, 0.25) is 0 Å². The highest BCUT2D eigenvalue weighted by atomic mass is 15.2. The van der Waals surface area contributed by atoms with Crippen molar-refractivity contribution in [2.24, 2.45) is 5.92 Å². The zero-order chi connectivity index (χ0) is 23.4. The highest BCUT2D eigenvalue weighted by Gasteiger charge is 2.24. The fraction of sp³-hybridized carbons (Fsp3) is 0.143. The van der Waals surface area contributed by atoms with E-state index in [-0.39, 0.29) is 0 Å². The summed E-state index contributed by atoms with van der Waals surface area (Å²) < 4.78 is 0. The molecule has 1 saturated carbocycles. The third kappa shape index (κ3) is 3.52. The topological polar surface area (TPSA) is 95.2 Å². The number of allylic oxidation sites excluding steroid dienone is 5. The lowest BCUT2D eigenvalue weighted by molar-refractivity contribution is 1.02. The molecule has 2 aliphatic rings. The molecule has 5 heterocycles. The quantitative estimate of drug-likeness (QED) is 0.280. The van der Waals surface area contributed by atoms with Crippen LogP contribution in [0.15, 0.2) is 79.6 Å². The molecule has 0 aliphatic heterocycles. The molecule has 7 rings (SSSR count). The molecule has 7 heteroatoms. The van der Waals surface area contributed by atoms with Crippen molar-refractivity contribution in [3.63, 3.8) is 0 Å². The fourth-order valence-electron chi connectivity index (χ4n) is 4.70. The molecule has 0 amide bonds.